The van der Waals surface area contributed by atoms with Crippen LogP contribution in [0, 0.1) is 0 Å². The number of hydrogen-bond donors (Lipinski definition) is 0. The summed E-state index contributed by atoms with van der Waals surface area (Å²) in [5, 5.41) is 0. The van der Waals surface area contributed by atoms with Crippen LogP contribution < -0.4 is 0 Å². The first-order valence-corrected chi connectivity index (χ1v) is 16.2. The van der Waals surface area contributed by atoms with Gasteiger partial charge < -0.3 is 0 Å². The third-order valence-electron chi connectivity index (χ3n) is 3.63. The predicted octanol–water partition coefficient (Wildman–Crippen LogP) is 9.05. The van der Waals surface area contributed by atoms with Gasteiger partial charge in [0, 0.05) is 11.5 Å². The van der Waals surface area contributed by atoms with Crippen molar-refractivity contribution in [2.75, 3.05) is 11.5 Å². The van der Waals surface area contributed by atoms with Gasteiger partial charge in [-0.05, 0) is 52.1 Å². The summed E-state index contributed by atoms with van der Waals surface area (Å²) < 4.78 is 0. The van der Waals surface area contributed by atoms with E-state index in [-0.39, 0.29) is 0 Å². The van der Waals surface area contributed by atoms with Gasteiger partial charge in [-0.3, -0.25) is 0 Å². The van der Waals surface area contributed by atoms with Crippen LogP contribution in [0.1, 0.15) is 83.5 Å². The molecule has 0 aromatic rings. The molecule has 1 heterocycles. The molecule has 0 saturated carbocycles. The van der Waals surface area contributed by atoms with E-state index in [0.29, 0.717) is 0 Å². The summed E-state index contributed by atoms with van der Waals surface area (Å²) in [5.74, 6) is 2.66. The molecule has 0 nitrogen and oxygen atoms in total. The molecule has 0 spiro atoms. The summed E-state index contributed by atoms with van der Waals surface area (Å²) in [6.45, 7) is 0. The molecule has 1 aliphatic heterocycles. The van der Waals surface area contributed by atoms with Gasteiger partial charge in [0.15, 0.2) is 0 Å². The van der Waals surface area contributed by atoms with E-state index in [0.717, 1.165) is 0 Å². The van der Waals surface area contributed by atoms with Crippen LogP contribution in [-0.4, -0.2) is 11.5 Å². The van der Waals surface area contributed by atoms with E-state index >= 15 is 0 Å². The Morgan fingerprint density at radius 2 is 0.571 bits per heavy atom. The Balaban J connectivity index is 2.00. The Hall–Kier alpha value is 2.10. The third kappa shape index (κ3) is 16.7. The monoisotopic (exact) mass is 402 g/mol. The fraction of sp³-hybridized carbons (Fsp3) is 1.00. The Morgan fingerprint density at radius 3 is 0.905 bits per heavy atom. The number of rotatable bonds is 0. The van der Waals surface area contributed by atoms with Crippen LogP contribution in [0.3, 0.4) is 0 Å². The van der Waals surface area contributed by atoms with Crippen LogP contribution in [0.2, 0.25) is 0 Å². The second-order valence-corrected chi connectivity index (χ2v) is 15.3. The van der Waals surface area contributed by atoms with Crippen molar-refractivity contribution in [2.24, 2.45) is 0 Å². The molecule has 1 aliphatic rings. The molecule has 1 fully saturated rings. The van der Waals surface area contributed by atoms with E-state index in [1.807, 2.05) is 60.9 Å². The smallest absolute Gasteiger partial charge is 0.00454 e. The second-order valence-electron chi connectivity index (χ2n) is 5.51. The van der Waals surface area contributed by atoms with Gasteiger partial charge >= 0.3 is 0 Å². The second kappa shape index (κ2) is 18.4. The molecule has 0 radical (unpaired) electrons. The third-order valence-corrected chi connectivity index (χ3v) is 14.7. The van der Waals surface area contributed by atoms with Gasteiger partial charge in [0.1, 0.15) is 0 Å². The predicted molar refractivity (Wildman–Crippen MR) is 115 cm³/mol. The van der Waals surface area contributed by atoms with E-state index in [9.17, 15) is 0 Å². The summed E-state index contributed by atoms with van der Waals surface area (Å²) in [5.41, 5.74) is 0. The summed E-state index contributed by atoms with van der Waals surface area (Å²) in [4.78, 5) is 0. The molecule has 0 amide bonds. The van der Waals surface area contributed by atoms with Gasteiger partial charge in [-0.2, -0.15) is 0 Å². The Labute approximate surface area is 155 Å². The van der Waals surface area contributed by atoms with Crippen molar-refractivity contribution >= 4 is 60.9 Å². The molecule has 0 unspecified atom stereocenters. The van der Waals surface area contributed by atoms with Crippen LogP contribution >= 0.6 is 60.9 Å². The lowest BCUT2D eigenvalue weighted by Gasteiger charge is -2.03. The molecule has 6 heteroatoms. The standard InChI is InChI=1S/C15H30S6/c1-2-4-6-8-10-12-14-16-18-20-21-19-17-15-13-11-9-7-5-3-1/h1-15H2. The maximum absolute atomic E-state index is 2.04. The fourth-order valence-electron chi connectivity index (χ4n) is 2.40. The lowest BCUT2D eigenvalue weighted by molar-refractivity contribution is 0.543. The Morgan fingerprint density at radius 1 is 0.286 bits per heavy atom. The van der Waals surface area contributed by atoms with Crippen molar-refractivity contribution in [3.05, 3.63) is 0 Å². The first-order valence-electron chi connectivity index (χ1n) is 8.41. The van der Waals surface area contributed by atoms with Crippen molar-refractivity contribution in [3.63, 3.8) is 0 Å². The first kappa shape index (κ1) is 21.1. The molecule has 0 N–H and O–H groups in total. The minimum atomic E-state index is 1.33. The van der Waals surface area contributed by atoms with Gasteiger partial charge in [-0.25, -0.2) is 0 Å². The van der Waals surface area contributed by atoms with Crippen LogP contribution in [0.25, 0.3) is 0 Å². The van der Waals surface area contributed by atoms with Gasteiger partial charge in [0.25, 0.3) is 0 Å². The average Bonchev–Trinajstić information content (AvgIpc) is 2.50. The average molecular weight is 403 g/mol. The van der Waals surface area contributed by atoms with Gasteiger partial charge in [0.05, 0.1) is 0 Å². The molecular weight excluding hydrogens is 373 g/mol. The molecule has 0 atom stereocenters. The SMILES string of the molecule is C1CCCCCCCSSSSSSCCCCCCC1. The molecule has 126 valence electrons. The molecular formula is C15H30S6. The topological polar surface area (TPSA) is 0 Å². The number of hydrogen-bond acceptors (Lipinski definition) is 6. The lowest BCUT2D eigenvalue weighted by atomic mass is 10.0. The van der Waals surface area contributed by atoms with Gasteiger partial charge in [-0.1, -0.05) is 92.2 Å². The molecule has 0 aromatic carbocycles. The summed E-state index contributed by atoms with van der Waals surface area (Å²) in [7, 11) is 11.9. The molecule has 0 aromatic heterocycles. The van der Waals surface area contributed by atoms with E-state index in [1.165, 1.54) is 95.0 Å². The zero-order valence-electron chi connectivity index (χ0n) is 13.1. The van der Waals surface area contributed by atoms with Crippen molar-refractivity contribution in [2.45, 2.75) is 83.5 Å². The lowest BCUT2D eigenvalue weighted by Crippen LogP contribution is -1.84. The Bertz CT molecular complexity index is 110. The highest BCUT2D eigenvalue weighted by molar-refractivity contribution is 9.41. The van der Waals surface area contributed by atoms with Gasteiger partial charge in [0.2, 0.25) is 0 Å². The summed E-state index contributed by atoms with van der Waals surface area (Å²) in [6, 6.07) is 0. The first-order chi connectivity index (χ1) is 10.5. The highest BCUT2D eigenvalue weighted by atomic mass is 33.9. The van der Waals surface area contributed by atoms with Crippen LogP contribution in [-0.2, 0) is 0 Å². The van der Waals surface area contributed by atoms with Crippen LogP contribution in [0.4, 0.5) is 0 Å². The molecule has 0 aliphatic carbocycles. The normalized spacial score (nSPS) is 24.0. The summed E-state index contributed by atoms with van der Waals surface area (Å²) in [6.07, 6.45) is 18.9. The maximum atomic E-state index is 2.04. The van der Waals surface area contributed by atoms with E-state index in [4.69, 9.17) is 0 Å². The van der Waals surface area contributed by atoms with Gasteiger partial charge in [-0.15, -0.1) is 0 Å². The summed E-state index contributed by atoms with van der Waals surface area (Å²) >= 11 is 0. The van der Waals surface area contributed by atoms with E-state index < -0.39 is 0 Å². The molecule has 0 bridgehead atoms. The van der Waals surface area contributed by atoms with Crippen molar-refractivity contribution in [1.29, 1.82) is 0 Å². The van der Waals surface area contributed by atoms with Crippen molar-refractivity contribution < 1.29 is 0 Å². The van der Waals surface area contributed by atoms with Crippen LogP contribution in [0.15, 0.2) is 0 Å². The largest absolute Gasteiger partial charge is 0.0817 e. The highest BCUT2D eigenvalue weighted by Crippen LogP contribution is 2.52. The van der Waals surface area contributed by atoms with Crippen molar-refractivity contribution in [1.82, 2.24) is 0 Å². The Kier molecular flexibility index (Phi) is 18.6. The van der Waals surface area contributed by atoms with Crippen LogP contribution in [0.5, 0.6) is 0 Å². The minimum Gasteiger partial charge on any atom is -0.0817 e. The quantitative estimate of drug-likeness (QED) is 0.368. The molecule has 1 saturated heterocycles. The van der Waals surface area contributed by atoms with E-state index in [2.05, 4.69) is 0 Å². The highest BCUT2D eigenvalue weighted by Gasteiger charge is 1.98. The zero-order chi connectivity index (χ0) is 14.8. The molecule has 1 rings (SSSR count). The van der Waals surface area contributed by atoms with Crippen molar-refractivity contribution in [3.8, 4) is 0 Å². The molecule has 21 heavy (non-hydrogen) atoms. The maximum Gasteiger partial charge on any atom is 0.00454 e. The zero-order valence-corrected chi connectivity index (χ0v) is 18.0. The minimum absolute atomic E-state index is 1.33. The van der Waals surface area contributed by atoms with E-state index in [1.54, 1.807) is 0 Å². The fourth-order valence-corrected chi connectivity index (χ4v) is 14.1.